The van der Waals surface area contributed by atoms with Crippen molar-refractivity contribution in [1.82, 2.24) is 4.90 Å². The van der Waals surface area contributed by atoms with E-state index in [0.29, 0.717) is 0 Å². The zero-order valence-corrected chi connectivity index (χ0v) is 13.0. The van der Waals surface area contributed by atoms with Crippen LogP contribution in [0, 0.1) is 0 Å². The van der Waals surface area contributed by atoms with E-state index < -0.39 is 0 Å². The molecule has 2 saturated heterocycles. The summed E-state index contributed by atoms with van der Waals surface area (Å²) in [7, 11) is 2.28. The van der Waals surface area contributed by atoms with Crippen molar-refractivity contribution in [3.8, 4) is 0 Å². The quantitative estimate of drug-likeness (QED) is 0.926. The molecular formula is C16H22N2OS. The first-order valence-corrected chi connectivity index (χ1v) is 8.26. The molecule has 108 valence electrons. The van der Waals surface area contributed by atoms with Crippen LogP contribution in [0.4, 0.5) is 5.69 Å². The summed E-state index contributed by atoms with van der Waals surface area (Å²) in [5.74, 6) is -0.00974. The number of rotatable bonds is 3. The Morgan fingerprint density at radius 3 is 2.65 bits per heavy atom. The SMILES string of the molecule is CC(=O)Nc1cccc(SC2C[C@H]3CC[C@@H](C2)N3C)c1. The van der Waals surface area contributed by atoms with E-state index in [-0.39, 0.29) is 5.91 Å². The summed E-state index contributed by atoms with van der Waals surface area (Å²) in [5.41, 5.74) is 0.901. The summed E-state index contributed by atoms with van der Waals surface area (Å²) in [6, 6.07) is 9.78. The van der Waals surface area contributed by atoms with Gasteiger partial charge in [-0.05, 0) is 50.9 Å². The summed E-state index contributed by atoms with van der Waals surface area (Å²) in [5, 5.41) is 3.58. The van der Waals surface area contributed by atoms with Gasteiger partial charge in [-0.2, -0.15) is 0 Å². The van der Waals surface area contributed by atoms with Crippen LogP contribution in [0.2, 0.25) is 0 Å². The molecule has 4 heteroatoms. The molecule has 3 nitrogen and oxygen atoms in total. The highest BCUT2D eigenvalue weighted by Gasteiger charge is 2.38. The van der Waals surface area contributed by atoms with Gasteiger partial charge >= 0.3 is 0 Å². The number of amides is 1. The van der Waals surface area contributed by atoms with Crippen molar-refractivity contribution in [2.24, 2.45) is 0 Å². The minimum atomic E-state index is -0.00974. The van der Waals surface area contributed by atoms with Gasteiger partial charge in [-0.15, -0.1) is 11.8 Å². The molecule has 0 aromatic heterocycles. The topological polar surface area (TPSA) is 32.3 Å². The Kier molecular flexibility index (Phi) is 4.03. The van der Waals surface area contributed by atoms with Gasteiger partial charge in [0.1, 0.15) is 0 Å². The third kappa shape index (κ3) is 3.01. The number of nitrogens with one attached hydrogen (secondary N) is 1. The smallest absolute Gasteiger partial charge is 0.221 e. The maximum atomic E-state index is 11.1. The maximum absolute atomic E-state index is 11.1. The van der Waals surface area contributed by atoms with E-state index in [2.05, 4.69) is 29.4 Å². The van der Waals surface area contributed by atoms with Crippen molar-refractivity contribution >= 4 is 23.4 Å². The molecule has 0 saturated carbocycles. The third-order valence-corrected chi connectivity index (χ3v) is 5.76. The van der Waals surface area contributed by atoms with Gasteiger partial charge in [0.15, 0.2) is 0 Å². The molecular weight excluding hydrogens is 268 g/mol. The van der Waals surface area contributed by atoms with Gasteiger partial charge in [0.25, 0.3) is 0 Å². The lowest BCUT2D eigenvalue weighted by Gasteiger charge is -2.36. The largest absolute Gasteiger partial charge is 0.326 e. The molecule has 3 atom stereocenters. The summed E-state index contributed by atoms with van der Waals surface area (Å²) < 4.78 is 0. The van der Waals surface area contributed by atoms with Crippen LogP contribution in [0.5, 0.6) is 0 Å². The number of piperidine rings is 1. The lowest BCUT2D eigenvalue weighted by atomic mass is 10.0. The molecule has 20 heavy (non-hydrogen) atoms. The average molecular weight is 290 g/mol. The Labute approximate surface area is 125 Å². The second-order valence-corrected chi connectivity index (χ2v) is 7.34. The number of nitrogens with zero attached hydrogens (tertiary/aromatic N) is 1. The zero-order chi connectivity index (χ0) is 14.1. The highest BCUT2D eigenvalue weighted by atomic mass is 32.2. The predicted octanol–water partition coefficient (Wildman–Crippen LogP) is 3.36. The van der Waals surface area contributed by atoms with E-state index in [1.165, 1.54) is 30.6 Å². The summed E-state index contributed by atoms with van der Waals surface area (Å²) in [4.78, 5) is 15.0. The van der Waals surface area contributed by atoms with Crippen LogP contribution in [0.3, 0.4) is 0 Å². The van der Waals surface area contributed by atoms with Gasteiger partial charge in [0, 0.05) is 34.8 Å². The lowest BCUT2D eigenvalue weighted by molar-refractivity contribution is -0.114. The Balaban J connectivity index is 1.65. The first-order valence-electron chi connectivity index (χ1n) is 7.38. The second-order valence-electron chi connectivity index (χ2n) is 5.97. The van der Waals surface area contributed by atoms with E-state index in [9.17, 15) is 4.79 Å². The molecule has 1 N–H and O–H groups in total. The number of fused-ring (bicyclic) bond motifs is 2. The van der Waals surface area contributed by atoms with E-state index in [0.717, 1.165) is 23.0 Å². The summed E-state index contributed by atoms with van der Waals surface area (Å²) in [6.45, 7) is 1.55. The van der Waals surface area contributed by atoms with Crippen LogP contribution in [-0.2, 0) is 4.79 Å². The average Bonchev–Trinajstić information content (AvgIpc) is 2.61. The van der Waals surface area contributed by atoms with Crippen LogP contribution < -0.4 is 5.32 Å². The molecule has 2 heterocycles. The van der Waals surface area contributed by atoms with Crippen LogP contribution in [0.1, 0.15) is 32.6 Å². The van der Waals surface area contributed by atoms with Gasteiger partial charge in [0.2, 0.25) is 5.91 Å². The Morgan fingerprint density at radius 2 is 2.00 bits per heavy atom. The van der Waals surface area contributed by atoms with E-state index in [4.69, 9.17) is 0 Å². The Bertz CT molecular complexity index is 491. The van der Waals surface area contributed by atoms with Gasteiger partial charge in [-0.1, -0.05) is 6.07 Å². The van der Waals surface area contributed by atoms with Crippen molar-refractivity contribution in [2.45, 2.75) is 54.8 Å². The van der Waals surface area contributed by atoms with Crippen LogP contribution in [0.15, 0.2) is 29.2 Å². The van der Waals surface area contributed by atoms with E-state index in [1.54, 1.807) is 6.92 Å². The number of anilines is 1. The molecule has 2 aliphatic heterocycles. The van der Waals surface area contributed by atoms with Gasteiger partial charge in [-0.25, -0.2) is 0 Å². The minimum Gasteiger partial charge on any atom is -0.326 e. The predicted molar refractivity (Wildman–Crippen MR) is 84.2 cm³/mol. The summed E-state index contributed by atoms with van der Waals surface area (Å²) in [6.07, 6.45) is 5.32. The summed E-state index contributed by atoms with van der Waals surface area (Å²) >= 11 is 1.98. The van der Waals surface area contributed by atoms with Gasteiger partial charge in [0.05, 0.1) is 0 Å². The van der Waals surface area contributed by atoms with E-state index >= 15 is 0 Å². The Morgan fingerprint density at radius 1 is 1.30 bits per heavy atom. The number of carbonyl (C=O) groups is 1. The molecule has 1 unspecified atom stereocenters. The van der Waals surface area contributed by atoms with Crippen LogP contribution in [0.25, 0.3) is 0 Å². The van der Waals surface area contributed by atoms with E-state index in [1.807, 2.05) is 23.9 Å². The second kappa shape index (κ2) is 5.78. The normalized spacial score (nSPS) is 29.4. The highest BCUT2D eigenvalue weighted by molar-refractivity contribution is 8.00. The van der Waals surface area contributed by atoms with Crippen molar-refractivity contribution in [3.05, 3.63) is 24.3 Å². The van der Waals surface area contributed by atoms with Gasteiger partial charge in [-0.3, -0.25) is 4.79 Å². The van der Waals surface area contributed by atoms with Gasteiger partial charge < -0.3 is 10.2 Å². The number of thioether (sulfide) groups is 1. The number of benzene rings is 1. The number of hydrogen-bond donors (Lipinski definition) is 1. The molecule has 2 aliphatic rings. The van der Waals surface area contributed by atoms with Crippen molar-refractivity contribution in [2.75, 3.05) is 12.4 Å². The fourth-order valence-electron chi connectivity index (χ4n) is 3.50. The van der Waals surface area contributed by atoms with Crippen LogP contribution >= 0.6 is 11.8 Å². The molecule has 1 aromatic rings. The Hall–Kier alpha value is -1.00. The molecule has 1 amide bonds. The minimum absolute atomic E-state index is 0.00974. The molecule has 0 radical (unpaired) electrons. The third-order valence-electron chi connectivity index (χ3n) is 4.51. The fourth-order valence-corrected chi connectivity index (χ4v) is 4.87. The molecule has 0 spiro atoms. The highest BCUT2D eigenvalue weighted by Crippen LogP contribution is 2.41. The fraction of sp³-hybridized carbons (Fsp3) is 0.562. The lowest BCUT2D eigenvalue weighted by Crippen LogP contribution is -2.40. The monoisotopic (exact) mass is 290 g/mol. The zero-order valence-electron chi connectivity index (χ0n) is 12.1. The van der Waals surface area contributed by atoms with Crippen molar-refractivity contribution in [1.29, 1.82) is 0 Å². The molecule has 1 aromatic carbocycles. The first-order chi connectivity index (χ1) is 9.61. The van der Waals surface area contributed by atoms with Crippen molar-refractivity contribution < 1.29 is 4.79 Å². The first kappa shape index (κ1) is 14.0. The molecule has 3 rings (SSSR count). The molecule has 0 aliphatic carbocycles. The van der Waals surface area contributed by atoms with Crippen LogP contribution in [-0.4, -0.2) is 35.2 Å². The molecule has 2 bridgehead atoms. The maximum Gasteiger partial charge on any atom is 0.221 e. The number of hydrogen-bond acceptors (Lipinski definition) is 3. The molecule has 2 fully saturated rings. The number of carbonyl (C=O) groups excluding carboxylic acids is 1. The van der Waals surface area contributed by atoms with Crippen molar-refractivity contribution in [3.63, 3.8) is 0 Å². The standard InChI is InChI=1S/C16H22N2OS/c1-11(19)17-12-4-3-5-15(8-12)20-16-9-13-6-7-14(10-16)18(13)2/h3-5,8,13-14,16H,6-7,9-10H2,1-2H3,(H,17,19)/t13-,14+,16?.